The van der Waals surface area contributed by atoms with Crippen LogP contribution in [0.2, 0.25) is 0 Å². The van der Waals surface area contributed by atoms with Crippen LogP contribution in [0.25, 0.3) is 0 Å². The van der Waals surface area contributed by atoms with E-state index in [-0.39, 0.29) is 5.78 Å². The summed E-state index contributed by atoms with van der Waals surface area (Å²) in [5.74, 6) is 0.943. The lowest BCUT2D eigenvalue weighted by atomic mass is 9.91. The minimum Gasteiger partial charge on any atom is -0.362 e. The van der Waals surface area contributed by atoms with E-state index in [9.17, 15) is 4.79 Å². The van der Waals surface area contributed by atoms with Gasteiger partial charge in [-0.2, -0.15) is 0 Å². The average Bonchev–Trinajstić information content (AvgIpc) is 2.64. The van der Waals surface area contributed by atoms with Crippen LogP contribution in [0.15, 0.2) is 6.07 Å². The first-order valence-electron chi connectivity index (χ1n) is 6.92. The Labute approximate surface area is 110 Å². The van der Waals surface area contributed by atoms with E-state index in [1.54, 1.807) is 0 Å². The molecule has 0 spiro atoms. The van der Waals surface area contributed by atoms with Gasteiger partial charge >= 0.3 is 0 Å². The van der Waals surface area contributed by atoms with Crippen LogP contribution in [0, 0.1) is 19.8 Å². The summed E-state index contributed by atoms with van der Waals surface area (Å²) >= 11 is 0. The van der Waals surface area contributed by atoms with Gasteiger partial charge in [0.25, 0.3) is 0 Å². The zero-order valence-electron chi connectivity index (χ0n) is 11.9. The molecule has 0 aromatic carbocycles. The molecule has 1 N–H and O–H groups in total. The lowest BCUT2D eigenvalue weighted by molar-refractivity contribution is 0.0779. The van der Waals surface area contributed by atoms with Gasteiger partial charge in [-0.1, -0.05) is 6.92 Å². The molecule has 18 heavy (non-hydrogen) atoms. The monoisotopic (exact) mass is 248 g/mol. The highest BCUT2D eigenvalue weighted by atomic mass is 16.1. The van der Waals surface area contributed by atoms with Crippen LogP contribution in [-0.4, -0.2) is 34.8 Å². The summed E-state index contributed by atoms with van der Waals surface area (Å²) < 4.78 is 0. The first-order valence-corrected chi connectivity index (χ1v) is 6.92. The number of nitrogens with one attached hydrogen (secondary N) is 1. The van der Waals surface area contributed by atoms with E-state index >= 15 is 0 Å². The van der Waals surface area contributed by atoms with Crippen molar-refractivity contribution in [1.82, 2.24) is 9.88 Å². The summed E-state index contributed by atoms with van der Waals surface area (Å²) in [4.78, 5) is 17.9. The molecule has 1 aromatic heterocycles. The van der Waals surface area contributed by atoms with E-state index in [0.717, 1.165) is 23.5 Å². The molecule has 0 bridgehead atoms. The fourth-order valence-corrected chi connectivity index (χ4v) is 2.93. The summed E-state index contributed by atoms with van der Waals surface area (Å²) in [5.41, 5.74) is 2.92. The van der Waals surface area contributed by atoms with Gasteiger partial charge in [0.2, 0.25) is 0 Å². The number of nitrogens with zero attached hydrogens (tertiary/aromatic N) is 1. The number of carbonyl (C=O) groups excluding carboxylic acids is 1. The van der Waals surface area contributed by atoms with Gasteiger partial charge in [0.05, 0.1) is 6.54 Å². The van der Waals surface area contributed by atoms with Crippen LogP contribution in [0.4, 0.5) is 0 Å². The number of aryl methyl sites for hydroxylation is 2. The first kappa shape index (κ1) is 13.3. The number of hydrogen-bond acceptors (Lipinski definition) is 2. The van der Waals surface area contributed by atoms with Crippen molar-refractivity contribution in [3.8, 4) is 0 Å². The third kappa shape index (κ3) is 2.66. The molecule has 1 aliphatic rings. The Bertz CT molecular complexity index is 436. The molecular weight excluding hydrogens is 224 g/mol. The Hall–Kier alpha value is -1.09. The van der Waals surface area contributed by atoms with Crippen LogP contribution >= 0.6 is 0 Å². The molecule has 2 unspecified atom stereocenters. The van der Waals surface area contributed by atoms with Gasteiger partial charge in [0.15, 0.2) is 5.78 Å². The van der Waals surface area contributed by atoms with Gasteiger partial charge in [0.1, 0.15) is 0 Å². The molecular formula is C15H24N2O. The maximum absolute atomic E-state index is 12.3. The molecule has 100 valence electrons. The summed E-state index contributed by atoms with van der Waals surface area (Å²) in [6.07, 6.45) is 2.50. The molecule has 2 rings (SSSR count). The van der Waals surface area contributed by atoms with Crippen LogP contribution in [0.5, 0.6) is 0 Å². The zero-order valence-corrected chi connectivity index (χ0v) is 11.9. The Balaban J connectivity index is 2.05. The van der Waals surface area contributed by atoms with E-state index in [1.165, 1.54) is 12.8 Å². The second-order valence-electron chi connectivity index (χ2n) is 5.74. The molecule has 1 aliphatic heterocycles. The van der Waals surface area contributed by atoms with Crippen LogP contribution in [0.3, 0.4) is 0 Å². The number of H-pyrrole nitrogens is 1. The average molecular weight is 248 g/mol. The third-order valence-electron chi connectivity index (χ3n) is 4.30. The SMILES string of the molecule is Cc1cc(C(=O)CN2CCCC(C)C2C)c(C)[nH]1. The van der Waals surface area contributed by atoms with Gasteiger partial charge in [0, 0.05) is 23.0 Å². The molecule has 0 radical (unpaired) electrons. The molecule has 1 aromatic rings. The molecule has 0 amide bonds. The summed E-state index contributed by atoms with van der Waals surface area (Å²) in [7, 11) is 0. The fraction of sp³-hybridized carbons (Fsp3) is 0.667. The number of carbonyl (C=O) groups is 1. The highest BCUT2D eigenvalue weighted by molar-refractivity contribution is 5.98. The smallest absolute Gasteiger partial charge is 0.178 e. The topological polar surface area (TPSA) is 36.1 Å². The van der Waals surface area contributed by atoms with E-state index in [2.05, 4.69) is 23.7 Å². The summed E-state index contributed by atoms with van der Waals surface area (Å²) in [6, 6.07) is 2.48. The lowest BCUT2D eigenvalue weighted by Gasteiger charge is -2.37. The Morgan fingerprint density at radius 3 is 2.78 bits per heavy atom. The number of hydrogen-bond donors (Lipinski definition) is 1. The maximum Gasteiger partial charge on any atom is 0.178 e. The van der Waals surface area contributed by atoms with Gasteiger partial charge in [-0.05, 0) is 52.1 Å². The molecule has 2 atom stereocenters. The van der Waals surface area contributed by atoms with E-state index in [1.807, 2.05) is 19.9 Å². The molecule has 0 aliphatic carbocycles. The zero-order chi connectivity index (χ0) is 13.3. The van der Waals surface area contributed by atoms with Crippen LogP contribution in [0.1, 0.15) is 48.4 Å². The Kier molecular flexibility index (Phi) is 3.91. The van der Waals surface area contributed by atoms with Gasteiger partial charge < -0.3 is 4.98 Å². The number of aromatic nitrogens is 1. The van der Waals surface area contributed by atoms with Crippen LogP contribution in [-0.2, 0) is 0 Å². The molecule has 2 heterocycles. The fourth-order valence-electron chi connectivity index (χ4n) is 2.93. The molecule has 3 nitrogen and oxygen atoms in total. The van der Waals surface area contributed by atoms with Gasteiger partial charge in [-0.15, -0.1) is 0 Å². The van der Waals surface area contributed by atoms with Crippen LogP contribution < -0.4 is 0 Å². The third-order valence-corrected chi connectivity index (χ3v) is 4.30. The molecule has 1 saturated heterocycles. The number of ketones is 1. The minimum absolute atomic E-state index is 0.248. The summed E-state index contributed by atoms with van der Waals surface area (Å²) in [6.45, 7) is 10.1. The van der Waals surface area contributed by atoms with Crippen molar-refractivity contribution in [2.45, 2.75) is 46.6 Å². The number of Topliss-reactive ketones (excluding diaryl/α,β-unsaturated/α-hetero) is 1. The van der Waals surface area contributed by atoms with Gasteiger partial charge in [-0.3, -0.25) is 9.69 Å². The van der Waals surface area contributed by atoms with Crippen molar-refractivity contribution in [2.24, 2.45) is 5.92 Å². The van der Waals surface area contributed by atoms with E-state index in [4.69, 9.17) is 0 Å². The number of piperidine rings is 1. The second kappa shape index (κ2) is 5.27. The van der Waals surface area contributed by atoms with Crippen molar-refractivity contribution in [1.29, 1.82) is 0 Å². The standard InChI is InChI=1S/C15H24N2O/c1-10-6-5-7-17(13(10)4)9-15(18)14-8-11(2)16-12(14)3/h8,10,13,16H,5-7,9H2,1-4H3. The maximum atomic E-state index is 12.3. The predicted octanol–water partition coefficient (Wildman–Crippen LogP) is 2.93. The van der Waals surface area contributed by atoms with E-state index < -0.39 is 0 Å². The lowest BCUT2D eigenvalue weighted by Crippen LogP contribution is -2.44. The Morgan fingerprint density at radius 2 is 2.17 bits per heavy atom. The van der Waals surface area contributed by atoms with Crippen molar-refractivity contribution in [3.63, 3.8) is 0 Å². The predicted molar refractivity (Wildman–Crippen MR) is 74.0 cm³/mol. The Morgan fingerprint density at radius 1 is 1.44 bits per heavy atom. The second-order valence-corrected chi connectivity index (χ2v) is 5.74. The van der Waals surface area contributed by atoms with E-state index in [0.29, 0.717) is 18.5 Å². The molecule has 1 fully saturated rings. The van der Waals surface area contributed by atoms with Gasteiger partial charge in [-0.25, -0.2) is 0 Å². The quantitative estimate of drug-likeness (QED) is 0.835. The van der Waals surface area contributed by atoms with Crippen molar-refractivity contribution in [3.05, 3.63) is 23.0 Å². The van der Waals surface area contributed by atoms with Crippen molar-refractivity contribution < 1.29 is 4.79 Å². The number of rotatable bonds is 3. The summed E-state index contributed by atoms with van der Waals surface area (Å²) in [5, 5.41) is 0. The highest BCUT2D eigenvalue weighted by Gasteiger charge is 2.26. The van der Waals surface area contributed by atoms with Crippen molar-refractivity contribution >= 4 is 5.78 Å². The van der Waals surface area contributed by atoms with Crippen molar-refractivity contribution in [2.75, 3.05) is 13.1 Å². The molecule has 3 heteroatoms. The molecule has 0 saturated carbocycles. The normalized spacial score (nSPS) is 25.3. The number of likely N-dealkylation sites (tertiary alicyclic amines) is 1. The highest BCUT2D eigenvalue weighted by Crippen LogP contribution is 2.23. The minimum atomic E-state index is 0.248. The first-order chi connectivity index (χ1) is 8.49. The largest absolute Gasteiger partial charge is 0.362 e. The number of aromatic amines is 1.